The molecular formula is C18H21FN2O2. The summed E-state index contributed by atoms with van der Waals surface area (Å²) in [4.78, 5) is 16.6. The van der Waals surface area contributed by atoms with Crippen molar-refractivity contribution in [1.29, 1.82) is 0 Å². The van der Waals surface area contributed by atoms with Gasteiger partial charge in [-0.3, -0.25) is 9.78 Å². The van der Waals surface area contributed by atoms with E-state index in [0.29, 0.717) is 16.5 Å². The molecule has 0 atom stereocenters. The Morgan fingerprint density at radius 1 is 1.30 bits per heavy atom. The average Bonchev–Trinajstić information content (AvgIpc) is 2.56. The van der Waals surface area contributed by atoms with Gasteiger partial charge in [0.1, 0.15) is 5.52 Å². The molecule has 1 saturated carbocycles. The van der Waals surface area contributed by atoms with Crippen LogP contribution in [-0.4, -0.2) is 24.0 Å². The molecule has 0 radical (unpaired) electrons. The van der Waals surface area contributed by atoms with Gasteiger partial charge in [0.15, 0.2) is 11.6 Å². The van der Waals surface area contributed by atoms with Gasteiger partial charge in [0.05, 0.1) is 12.7 Å². The number of ether oxygens (including phenoxy) is 1. The van der Waals surface area contributed by atoms with E-state index < -0.39 is 5.82 Å². The van der Waals surface area contributed by atoms with E-state index in [1.807, 2.05) is 0 Å². The van der Waals surface area contributed by atoms with Crippen molar-refractivity contribution in [2.45, 2.75) is 38.6 Å². The number of methoxy groups -OCH3 is 1. The van der Waals surface area contributed by atoms with Crippen molar-refractivity contribution in [3.8, 4) is 5.75 Å². The zero-order valence-electron chi connectivity index (χ0n) is 13.4. The van der Waals surface area contributed by atoms with E-state index in [-0.39, 0.29) is 17.7 Å². The molecule has 2 aromatic rings. The number of rotatable bonds is 3. The first-order chi connectivity index (χ1) is 11.1. The van der Waals surface area contributed by atoms with Gasteiger partial charge in [-0.2, -0.15) is 0 Å². The highest BCUT2D eigenvalue weighted by Crippen LogP contribution is 2.28. The number of amides is 1. The molecule has 23 heavy (non-hydrogen) atoms. The lowest BCUT2D eigenvalue weighted by Gasteiger charge is -2.26. The first kappa shape index (κ1) is 15.7. The van der Waals surface area contributed by atoms with Gasteiger partial charge >= 0.3 is 0 Å². The van der Waals surface area contributed by atoms with Gasteiger partial charge < -0.3 is 10.1 Å². The van der Waals surface area contributed by atoms with Gasteiger partial charge in [-0.25, -0.2) is 4.39 Å². The van der Waals surface area contributed by atoms with Crippen LogP contribution < -0.4 is 10.1 Å². The number of nitrogens with one attached hydrogen (secondary N) is 1. The van der Waals surface area contributed by atoms with Crippen molar-refractivity contribution < 1.29 is 13.9 Å². The number of halogens is 1. The van der Waals surface area contributed by atoms with E-state index in [0.717, 1.165) is 31.6 Å². The SMILES string of the molecule is COc1c(F)ccc2cc(C(=O)NC3CCC(C)CC3)cnc12. The lowest BCUT2D eigenvalue weighted by Crippen LogP contribution is -2.37. The first-order valence-corrected chi connectivity index (χ1v) is 8.01. The van der Waals surface area contributed by atoms with E-state index >= 15 is 0 Å². The number of carbonyl (C=O) groups excluding carboxylic acids is 1. The number of hydrogen-bond donors (Lipinski definition) is 1. The molecule has 1 aromatic heterocycles. The van der Waals surface area contributed by atoms with Crippen LogP contribution in [0.1, 0.15) is 43.0 Å². The van der Waals surface area contributed by atoms with E-state index in [1.165, 1.54) is 19.4 Å². The van der Waals surface area contributed by atoms with Crippen LogP contribution in [0.25, 0.3) is 10.9 Å². The third-order valence-electron chi connectivity index (χ3n) is 4.58. The smallest absolute Gasteiger partial charge is 0.253 e. The zero-order valence-corrected chi connectivity index (χ0v) is 13.4. The molecule has 1 aliphatic rings. The predicted octanol–water partition coefficient (Wildman–Crippen LogP) is 3.69. The molecule has 5 heteroatoms. The maximum atomic E-state index is 13.7. The number of nitrogens with zero attached hydrogens (tertiary/aromatic N) is 1. The summed E-state index contributed by atoms with van der Waals surface area (Å²) < 4.78 is 18.7. The minimum absolute atomic E-state index is 0.107. The second kappa shape index (κ2) is 6.52. The minimum Gasteiger partial charge on any atom is -0.491 e. The summed E-state index contributed by atoms with van der Waals surface area (Å²) >= 11 is 0. The van der Waals surface area contributed by atoms with Crippen LogP contribution in [0.5, 0.6) is 5.75 Å². The molecule has 1 aromatic carbocycles. The van der Waals surface area contributed by atoms with Crippen LogP contribution in [0.15, 0.2) is 24.4 Å². The first-order valence-electron chi connectivity index (χ1n) is 8.01. The molecule has 0 bridgehead atoms. The third kappa shape index (κ3) is 3.28. The quantitative estimate of drug-likeness (QED) is 0.939. The Kier molecular flexibility index (Phi) is 4.46. The average molecular weight is 316 g/mol. The molecule has 1 N–H and O–H groups in total. The Hall–Kier alpha value is -2.17. The summed E-state index contributed by atoms with van der Waals surface area (Å²) in [6, 6.07) is 4.90. The van der Waals surface area contributed by atoms with Crippen LogP contribution in [0.3, 0.4) is 0 Å². The number of carbonyl (C=O) groups is 1. The fourth-order valence-electron chi connectivity index (χ4n) is 3.14. The second-order valence-electron chi connectivity index (χ2n) is 6.31. The van der Waals surface area contributed by atoms with Gasteiger partial charge in [0.25, 0.3) is 5.91 Å². The van der Waals surface area contributed by atoms with Crippen LogP contribution in [0.2, 0.25) is 0 Å². The maximum Gasteiger partial charge on any atom is 0.253 e. The summed E-state index contributed by atoms with van der Waals surface area (Å²) in [5, 5.41) is 3.76. The fourth-order valence-corrected chi connectivity index (χ4v) is 3.14. The topological polar surface area (TPSA) is 51.2 Å². The summed E-state index contributed by atoms with van der Waals surface area (Å²) in [7, 11) is 1.41. The molecule has 0 unspecified atom stereocenters. The number of fused-ring (bicyclic) bond motifs is 1. The predicted molar refractivity (Wildman–Crippen MR) is 87.1 cm³/mol. The monoisotopic (exact) mass is 316 g/mol. The highest BCUT2D eigenvalue weighted by molar-refractivity contribution is 5.98. The highest BCUT2D eigenvalue weighted by Gasteiger charge is 2.21. The van der Waals surface area contributed by atoms with E-state index in [2.05, 4.69) is 17.2 Å². The van der Waals surface area contributed by atoms with Crippen molar-refractivity contribution in [3.63, 3.8) is 0 Å². The number of aromatic nitrogens is 1. The Balaban J connectivity index is 1.80. The molecule has 122 valence electrons. The molecular weight excluding hydrogens is 295 g/mol. The molecule has 1 fully saturated rings. The normalized spacial score (nSPS) is 21.2. The van der Waals surface area contributed by atoms with Crippen molar-refractivity contribution >= 4 is 16.8 Å². The van der Waals surface area contributed by atoms with Gasteiger partial charge in [-0.1, -0.05) is 6.92 Å². The minimum atomic E-state index is -0.457. The molecule has 1 aliphatic carbocycles. The summed E-state index contributed by atoms with van der Waals surface area (Å²) in [6.07, 6.45) is 5.82. The Morgan fingerprint density at radius 2 is 2.04 bits per heavy atom. The van der Waals surface area contributed by atoms with Gasteiger partial charge in [0.2, 0.25) is 0 Å². The van der Waals surface area contributed by atoms with Crippen LogP contribution in [-0.2, 0) is 0 Å². The third-order valence-corrected chi connectivity index (χ3v) is 4.58. The molecule has 4 nitrogen and oxygen atoms in total. The van der Waals surface area contributed by atoms with Crippen LogP contribution >= 0.6 is 0 Å². The van der Waals surface area contributed by atoms with E-state index in [9.17, 15) is 9.18 Å². The van der Waals surface area contributed by atoms with Crippen molar-refractivity contribution in [2.24, 2.45) is 5.92 Å². The molecule has 0 aliphatic heterocycles. The fraction of sp³-hybridized carbons (Fsp3) is 0.444. The largest absolute Gasteiger partial charge is 0.491 e. The Morgan fingerprint density at radius 3 is 2.74 bits per heavy atom. The zero-order chi connectivity index (χ0) is 16.4. The second-order valence-corrected chi connectivity index (χ2v) is 6.31. The molecule has 1 amide bonds. The molecule has 1 heterocycles. The summed E-state index contributed by atoms with van der Waals surface area (Å²) in [5.41, 5.74) is 0.917. The molecule has 0 saturated heterocycles. The summed E-state index contributed by atoms with van der Waals surface area (Å²) in [5.74, 6) is 0.270. The van der Waals surface area contributed by atoms with Crippen LogP contribution in [0, 0.1) is 11.7 Å². The van der Waals surface area contributed by atoms with Crippen molar-refractivity contribution in [2.75, 3.05) is 7.11 Å². The van der Waals surface area contributed by atoms with Crippen molar-refractivity contribution in [1.82, 2.24) is 10.3 Å². The van der Waals surface area contributed by atoms with Gasteiger partial charge in [-0.15, -0.1) is 0 Å². The Bertz CT molecular complexity index is 724. The maximum absolute atomic E-state index is 13.7. The number of benzene rings is 1. The van der Waals surface area contributed by atoms with E-state index in [1.54, 1.807) is 12.1 Å². The number of pyridine rings is 1. The lowest BCUT2D eigenvalue weighted by molar-refractivity contribution is 0.0923. The summed E-state index contributed by atoms with van der Waals surface area (Å²) in [6.45, 7) is 2.25. The van der Waals surface area contributed by atoms with Gasteiger partial charge in [-0.05, 0) is 49.8 Å². The standard InChI is InChI=1S/C18H21FN2O2/c1-11-3-6-14(7-4-11)21-18(22)13-9-12-5-8-15(19)17(23-2)16(12)20-10-13/h5,8-11,14H,3-4,6-7H2,1-2H3,(H,21,22). The van der Waals surface area contributed by atoms with E-state index in [4.69, 9.17) is 4.74 Å². The number of hydrogen-bond acceptors (Lipinski definition) is 3. The van der Waals surface area contributed by atoms with Crippen LogP contribution in [0.4, 0.5) is 4.39 Å². The molecule has 0 spiro atoms. The highest BCUT2D eigenvalue weighted by atomic mass is 19.1. The van der Waals surface area contributed by atoms with Gasteiger partial charge in [0, 0.05) is 17.6 Å². The van der Waals surface area contributed by atoms with Crippen molar-refractivity contribution in [3.05, 3.63) is 35.8 Å². The Labute approximate surface area is 135 Å². The molecule has 3 rings (SSSR count). The lowest BCUT2D eigenvalue weighted by atomic mass is 9.87.